The first-order chi connectivity index (χ1) is 12.4. The molecule has 0 fully saturated rings. The molecule has 0 spiro atoms. The highest BCUT2D eigenvalue weighted by molar-refractivity contribution is 7.13. The predicted octanol–water partition coefficient (Wildman–Crippen LogP) is 5.37. The van der Waals surface area contributed by atoms with Gasteiger partial charge in [0.1, 0.15) is 5.75 Å². The number of aromatic nitrogens is 1. The average molecular weight is 389 g/mol. The third-order valence-corrected chi connectivity index (χ3v) is 4.87. The molecule has 0 aliphatic carbocycles. The fourth-order valence-electron chi connectivity index (χ4n) is 2.62. The lowest BCUT2D eigenvalue weighted by atomic mass is 9.79. The normalized spacial score (nSPS) is 12.4. The van der Waals surface area contributed by atoms with E-state index in [0.717, 1.165) is 16.8 Å². The van der Waals surface area contributed by atoms with Crippen molar-refractivity contribution in [1.29, 1.82) is 0 Å². The molecule has 0 bridgehead atoms. The van der Waals surface area contributed by atoms with E-state index in [1.165, 1.54) is 24.5 Å². The molecule has 1 aromatic carbocycles. The summed E-state index contributed by atoms with van der Waals surface area (Å²) in [4.78, 5) is 15.7. The highest BCUT2D eigenvalue weighted by atomic mass is 32.1. The molecule has 1 aromatic heterocycles. The first-order valence-electron chi connectivity index (χ1n) is 8.78. The topological polar surface area (TPSA) is 71.5 Å². The quantitative estimate of drug-likeness (QED) is 0.418. The van der Waals surface area contributed by atoms with Gasteiger partial charge in [-0.05, 0) is 29.0 Å². The van der Waals surface area contributed by atoms with Gasteiger partial charge in [0.25, 0.3) is 0 Å². The first kappa shape index (κ1) is 21.0. The summed E-state index contributed by atoms with van der Waals surface area (Å²) in [5, 5.41) is 16.7. The van der Waals surface area contributed by atoms with Crippen LogP contribution < -0.4 is 5.32 Å². The summed E-state index contributed by atoms with van der Waals surface area (Å²) in [6, 6.07) is 3.94. The van der Waals surface area contributed by atoms with Gasteiger partial charge in [-0.1, -0.05) is 41.5 Å². The summed E-state index contributed by atoms with van der Waals surface area (Å²) in [7, 11) is 1.34. The van der Waals surface area contributed by atoms with E-state index < -0.39 is 5.97 Å². The van der Waals surface area contributed by atoms with Gasteiger partial charge in [0.15, 0.2) is 5.13 Å². The average Bonchev–Trinajstić information content (AvgIpc) is 2.99. The lowest BCUT2D eigenvalue weighted by Gasteiger charge is -2.28. The standard InChI is InChI=1S/C21H28N2O3S/c1-20(2,3)15-10-14(11-16(18(15)25)21(4,5)6)23-19-22-13(12-27-19)8-9-17(24)26-7/h8-12,25H,1-7H3,(H,22,23). The van der Waals surface area contributed by atoms with Crippen molar-refractivity contribution in [3.63, 3.8) is 0 Å². The van der Waals surface area contributed by atoms with Crippen molar-refractivity contribution < 1.29 is 14.6 Å². The number of ether oxygens (including phenoxy) is 1. The number of nitrogens with zero attached hydrogens (tertiary/aromatic N) is 1. The first-order valence-corrected chi connectivity index (χ1v) is 9.66. The Bertz CT molecular complexity index is 820. The molecule has 0 aliphatic rings. The number of esters is 1. The summed E-state index contributed by atoms with van der Waals surface area (Å²) in [5.41, 5.74) is 2.94. The minimum absolute atomic E-state index is 0.195. The third kappa shape index (κ3) is 5.32. The number of methoxy groups -OCH3 is 1. The maximum Gasteiger partial charge on any atom is 0.330 e. The Hall–Kier alpha value is -2.34. The molecule has 27 heavy (non-hydrogen) atoms. The Morgan fingerprint density at radius 1 is 1.15 bits per heavy atom. The molecule has 1 heterocycles. The molecule has 0 unspecified atom stereocenters. The number of hydrogen-bond donors (Lipinski definition) is 2. The minimum Gasteiger partial charge on any atom is -0.507 e. The van der Waals surface area contributed by atoms with Gasteiger partial charge in [-0.25, -0.2) is 9.78 Å². The number of carbonyl (C=O) groups is 1. The van der Waals surface area contributed by atoms with Crippen molar-refractivity contribution in [1.82, 2.24) is 4.98 Å². The van der Waals surface area contributed by atoms with E-state index in [1.807, 2.05) is 17.5 Å². The smallest absolute Gasteiger partial charge is 0.330 e. The molecule has 2 rings (SSSR count). The number of phenols is 1. The molecule has 146 valence electrons. The van der Waals surface area contributed by atoms with E-state index in [9.17, 15) is 9.90 Å². The molecule has 0 saturated carbocycles. The van der Waals surface area contributed by atoms with Gasteiger partial charge in [-0.15, -0.1) is 11.3 Å². The Morgan fingerprint density at radius 2 is 1.70 bits per heavy atom. The number of thiazole rings is 1. The molecular weight excluding hydrogens is 360 g/mol. The Morgan fingerprint density at radius 3 is 2.19 bits per heavy atom. The zero-order valence-corrected chi connectivity index (χ0v) is 17.8. The number of carbonyl (C=O) groups excluding carboxylic acids is 1. The number of phenolic OH excluding ortho intramolecular Hbond substituents is 1. The van der Waals surface area contributed by atoms with Crippen LogP contribution in [0.2, 0.25) is 0 Å². The molecule has 6 heteroatoms. The van der Waals surface area contributed by atoms with Crippen LogP contribution in [-0.4, -0.2) is 23.2 Å². The van der Waals surface area contributed by atoms with Crippen LogP contribution in [0.15, 0.2) is 23.6 Å². The fourth-order valence-corrected chi connectivity index (χ4v) is 3.31. The molecule has 0 aliphatic heterocycles. The fraction of sp³-hybridized carbons (Fsp3) is 0.429. The molecular formula is C21H28N2O3S. The van der Waals surface area contributed by atoms with Crippen LogP contribution in [0.4, 0.5) is 10.8 Å². The second kappa shape index (κ2) is 7.72. The lowest BCUT2D eigenvalue weighted by molar-refractivity contribution is -0.134. The lowest BCUT2D eigenvalue weighted by Crippen LogP contribution is -2.17. The summed E-state index contributed by atoms with van der Waals surface area (Å²) in [5.74, 6) is -0.0675. The van der Waals surface area contributed by atoms with Crippen LogP contribution in [0.3, 0.4) is 0 Å². The van der Waals surface area contributed by atoms with Crippen LogP contribution in [0.25, 0.3) is 6.08 Å². The Balaban J connectivity index is 2.38. The van der Waals surface area contributed by atoms with Crippen LogP contribution in [0.1, 0.15) is 58.4 Å². The van der Waals surface area contributed by atoms with Gasteiger partial charge in [-0.2, -0.15) is 0 Å². The van der Waals surface area contributed by atoms with Crippen molar-refractivity contribution in [3.05, 3.63) is 40.4 Å². The molecule has 0 radical (unpaired) electrons. The monoisotopic (exact) mass is 388 g/mol. The molecule has 2 aromatic rings. The predicted molar refractivity (Wildman–Crippen MR) is 112 cm³/mol. The number of aromatic hydroxyl groups is 1. The highest BCUT2D eigenvalue weighted by Crippen LogP contribution is 2.41. The summed E-state index contributed by atoms with van der Waals surface area (Å²) in [6.45, 7) is 12.5. The molecule has 5 nitrogen and oxygen atoms in total. The van der Waals surface area contributed by atoms with Crippen LogP contribution >= 0.6 is 11.3 Å². The summed E-state index contributed by atoms with van der Waals surface area (Å²) >= 11 is 1.45. The van der Waals surface area contributed by atoms with E-state index in [0.29, 0.717) is 16.6 Å². The molecule has 2 N–H and O–H groups in total. The molecule has 0 atom stereocenters. The van der Waals surface area contributed by atoms with E-state index in [-0.39, 0.29) is 10.8 Å². The number of hydrogen-bond acceptors (Lipinski definition) is 6. The Kier molecular flexibility index (Phi) is 6.00. The van der Waals surface area contributed by atoms with Gasteiger partial charge < -0.3 is 15.2 Å². The van der Waals surface area contributed by atoms with Gasteiger partial charge in [0, 0.05) is 28.3 Å². The zero-order chi connectivity index (χ0) is 20.4. The van der Waals surface area contributed by atoms with Crippen molar-refractivity contribution in [2.24, 2.45) is 0 Å². The summed E-state index contributed by atoms with van der Waals surface area (Å²) < 4.78 is 4.59. The van der Waals surface area contributed by atoms with E-state index in [2.05, 4.69) is 56.6 Å². The highest BCUT2D eigenvalue weighted by Gasteiger charge is 2.26. The zero-order valence-electron chi connectivity index (χ0n) is 17.0. The van der Waals surface area contributed by atoms with Crippen LogP contribution in [-0.2, 0) is 20.4 Å². The maximum atomic E-state index is 11.2. The largest absolute Gasteiger partial charge is 0.507 e. The van der Waals surface area contributed by atoms with Gasteiger partial charge in [-0.3, -0.25) is 0 Å². The number of rotatable bonds is 4. The molecule has 0 amide bonds. The number of benzene rings is 1. The van der Waals surface area contributed by atoms with E-state index in [1.54, 1.807) is 6.08 Å². The molecule has 0 saturated heterocycles. The van der Waals surface area contributed by atoms with Crippen LogP contribution in [0, 0.1) is 0 Å². The van der Waals surface area contributed by atoms with E-state index in [4.69, 9.17) is 0 Å². The van der Waals surface area contributed by atoms with Crippen molar-refractivity contribution in [3.8, 4) is 5.75 Å². The van der Waals surface area contributed by atoms with Crippen molar-refractivity contribution in [2.75, 3.05) is 12.4 Å². The second-order valence-electron chi connectivity index (χ2n) is 8.48. The van der Waals surface area contributed by atoms with Gasteiger partial charge in [0.05, 0.1) is 12.8 Å². The van der Waals surface area contributed by atoms with E-state index >= 15 is 0 Å². The number of anilines is 2. The van der Waals surface area contributed by atoms with Gasteiger partial charge in [0.2, 0.25) is 0 Å². The van der Waals surface area contributed by atoms with Crippen molar-refractivity contribution >= 4 is 34.2 Å². The maximum absolute atomic E-state index is 11.2. The van der Waals surface area contributed by atoms with Crippen molar-refractivity contribution in [2.45, 2.75) is 52.4 Å². The summed E-state index contributed by atoms with van der Waals surface area (Å²) in [6.07, 6.45) is 2.96. The Labute approximate surface area is 165 Å². The van der Waals surface area contributed by atoms with Gasteiger partial charge >= 0.3 is 5.97 Å². The minimum atomic E-state index is -0.416. The van der Waals surface area contributed by atoms with Crippen LogP contribution in [0.5, 0.6) is 5.75 Å². The third-order valence-electron chi connectivity index (χ3n) is 4.09. The second-order valence-corrected chi connectivity index (χ2v) is 9.34. The SMILES string of the molecule is COC(=O)C=Cc1csc(Nc2cc(C(C)(C)C)c(O)c(C(C)(C)C)c2)n1. The number of nitrogens with one attached hydrogen (secondary N) is 1.